The maximum absolute atomic E-state index is 13.2. The third-order valence-electron chi connectivity index (χ3n) is 19.0. The van der Waals surface area contributed by atoms with Crippen LogP contribution in [-0.4, -0.2) is 161 Å². The third-order valence-corrected chi connectivity index (χ3v) is 46.9. The highest BCUT2D eigenvalue weighted by Crippen LogP contribution is 2.51. The molecular formula is C65H123N7O16PSi5-. The Morgan fingerprint density at radius 2 is 0.989 bits per heavy atom. The zero-order chi connectivity index (χ0) is 71.9. The van der Waals surface area contributed by atoms with Gasteiger partial charge in [0.25, 0.3) is 0 Å². The van der Waals surface area contributed by atoms with Gasteiger partial charge in [-0.15, -0.1) is 0 Å². The van der Waals surface area contributed by atoms with E-state index in [-0.39, 0.29) is 115 Å². The molecule has 4 aliphatic heterocycles. The third kappa shape index (κ3) is 20.9. The highest BCUT2D eigenvalue weighted by molar-refractivity contribution is 7.57. The highest BCUT2D eigenvalue weighted by atomic mass is 31.1. The number of carbonyl (C=O) groups is 2. The topological polar surface area (TPSA) is 274 Å². The van der Waals surface area contributed by atoms with Crippen LogP contribution in [0.1, 0.15) is 192 Å². The lowest BCUT2D eigenvalue weighted by Gasteiger charge is -2.51. The zero-order valence-corrected chi connectivity index (χ0v) is 68.2. The summed E-state index contributed by atoms with van der Waals surface area (Å²) in [6.45, 7) is 63.6. The average Bonchev–Trinajstić information content (AvgIpc) is 1.41. The van der Waals surface area contributed by atoms with Gasteiger partial charge in [-0.05, 0) is 63.4 Å². The molecule has 540 valence electrons. The summed E-state index contributed by atoms with van der Waals surface area (Å²) in [6.07, 6.45) is -3.46. The minimum atomic E-state index is -3.03. The van der Waals surface area contributed by atoms with Crippen LogP contribution in [0.15, 0.2) is 34.1 Å². The van der Waals surface area contributed by atoms with Crippen molar-refractivity contribution in [2.24, 2.45) is 0 Å². The van der Waals surface area contributed by atoms with Crippen LogP contribution in [0.25, 0.3) is 0 Å². The quantitative estimate of drug-likeness (QED) is 0.0325. The molecule has 6 heterocycles. The van der Waals surface area contributed by atoms with Crippen molar-refractivity contribution in [3.05, 3.63) is 52.2 Å². The number of fused-ring (bicyclic) bond motifs is 2. The van der Waals surface area contributed by atoms with Gasteiger partial charge in [0.2, 0.25) is 11.8 Å². The van der Waals surface area contributed by atoms with Crippen LogP contribution < -0.4 is 22.0 Å². The van der Waals surface area contributed by atoms with E-state index in [2.05, 4.69) is 206 Å². The van der Waals surface area contributed by atoms with Gasteiger partial charge in [-0.1, -0.05) is 189 Å². The van der Waals surface area contributed by atoms with Crippen molar-refractivity contribution >= 4 is 73.7 Å². The molecule has 4 aliphatic rings. The highest BCUT2D eigenvalue weighted by Gasteiger charge is 2.64. The van der Waals surface area contributed by atoms with Crippen LogP contribution in [0.3, 0.4) is 0 Å². The second kappa shape index (κ2) is 37.1. The Bertz CT molecular complexity index is 2780. The van der Waals surface area contributed by atoms with E-state index in [0.717, 1.165) is 16.6 Å². The first-order valence-corrected chi connectivity index (χ1v) is 46.9. The van der Waals surface area contributed by atoms with E-state index in [0.29, 0.717) is 0 Å². The Morgan fingerprint density at radius 3 is 1.32 bits per heavy atom. The molecule has 4 fully saturated rings. The molecule has 2 amide bonds. The molecule has 0 aliphatic carbocycles. The first-order valence-electron chi connectivity index (χ1n) is 33.9. The molecule has 2 aromatic rings. The van der Waals surface area contributed by atoms with Crippen LogP contribution in [-0.2, 0) is 59.2 Å². The van der Waals surface area contributed by atoms with Crippen molar-refractivity contribution in [3.8, 4) is 6.07 Å². The predicted octanol–water partition coefficient (Wildman–Crippen LogP) is 13.9. The number of nitrogens with zero attached hydrogens (tertiary/aromatic N) is 5. The molecule has 0 bridgehead atoms. The number of ether oxygens (including phenoxy) is 5. The number of aliphatic hydroxyl groups excluding tert-OH is 1. The molecule has 94 heavy (non-hydrogen) atoms. The first-order chi connectivity index (χ1) is 43.5. The number of nitrogens with one attached hydrogen (secondary N) is 2. The number of amides is 2. The Morgan fingerprint density at radius 1 is 0.638 bits per heavy atom. The van der Waals surface area contributed by atoms with Crippen LogP contribution in [0.5, 0.6) is 0 Å². The number of aromatic nitrogens is 4. The summed E-state index contributed by atoms with van der Waals surface area (Å²) >= 11 is 0. The second-order valence-electron chi connectivity index (χ2n) is 29.4. The summed E-state index contributed by atoms with van der Waals surface area (Å²) in [5.41, 5.74) is 2.50. The van der Waals surface area contributed by atoms with Gasteiger partial charge >= 0.3 is 45.6 Å². The van der Waals surface area contributed by atoms with Crippen molar-refractivity contribution in [1.29, 1.82) is 5.26 Å². The number of rotatable bonds is 22. The molecule has 9 atom stereocenters. The summed E-state index contributed by atoms with van der Waals surface area (Å²) in [7, 11) is -12.4. The molecule has 7 unspecified atom stereocenters. The molecule has 29 heteroatoms. The van der Waals surface area contributed by atoms with Crippen LogP contribution >= 0.6 is 7.92 Å². The van der Waals surface area contributed by atoms with Crippen molar-refractivity contribution in [3.63, 3.8) is 0 Å². The standard InChI is InChI=1S/C29H50N4O9Si2.C23H41N3O7Si2.C10H24Si.C3H8P/c1-18(2)43(19(3)4)39-15-24-26(41-44(42-43,20(5)6)21(7)8)27(38-17-36-16-37-22(9)11-13-30)28(40-24)33-14-12-25(31-23(10)34)32-29(33)35;1-13(2)34(14(3)4)30-12-18-21(32-35(33-34,15(5)6)16(7)8)20(28)22(31-18)26-11-10-19(24-17(9)27)25-23(26)29;1-8(2)11(7,9(3)4)10(5)6;1-4(2)3/h12,14,18-22,24,26-28H,11,15-17H2,1-10H3,(H,31,32,34,35);10-11,13-16,18,20-22,28H,12H2,1-9H3,(H,24,25,27,29);8-10H,1-7H3;1H2,2-3H3/q;;;-1/t22?,24?,26-,27?,28?;18?,20?,21-,22?;;/m00../s1. The molecule has 2 aromatic heterocycles. The lowest BCUT2D eigenvalue weighted by Crippen LogP contribution is -2.66. The summed E-state index contributed by atoms with van der Waals surface area (Å²) in [5.74, 6) is -0.397. The fourth-order valence-electron chi connectivity index (χ4n) is 13.1. The van der Waals surface area contributed by atoms with Crippen molar-refractivity contribution in [2.75, 3.05) is 50.8 Å². The normalized spacial score (nSPS) is 24.4. The molecular weight excluding hydrogens is 1310 g/mol. The SMILES string of the molecule is CC(=O)Nc1ccn(C2OC3CO[Si](C(C)C)(C(C)C)O[Si](C(C)C)(C(C)C)O[C@@H]3C2O)c(=O)n1.CC(=O)Nc1ccn(C2OC3CO[Si](C(C)C)(C(C)C)O[Si](C(C)C)(C(C)C)O[C@@H]3C2OCOCOC(C)CC#N)c(=O)n1.CC(C)[Si](C)(C(C)C)C(C)C.[CH2-]P(C)C. The van der Waals surface area contributed by atoms with E-state index in [4.69, 9.17) is 54.9 Å². The Hall–Kier alpha value is -2.78. The summed E-state index contributed by atoms with van der Waals surface area (Å²) in [6, 6.07) is 5.09. The summed E-state index contributed by atoms with van der Waals surface area (Å²) < 4.78 is 74.8. The van der Waals surface area contributed by atoms with E-state index in [1.165, 1.54) is 47.5 Å². The second-order valence-corrected chi connectivity index (χ2v) is 55.5. The Kier molecular flexibility index (Phi) is 33.7. The molecule has 0 aromatic carbocycles. The van der Waals surface area contributed by atoms with E-state index >= 15 is 0 Å². The van der Waals surface area contributed by atoms with Gasteiger partial charge in [-0.25, -0.2) is 9.59 Å². The van der Waals surface area contributed by atoms with Crippen LogP contribution in [0, 0.1) is 18.0 Å². The van der Waals surface area contributed by atoms with Gasteiger partial charge in [-0.3, -0.25) is 26.6 Å². The Labute approximate surface area is 570 Å². The minimum absolute atomic E-state index is 0.0709. The molecule has 0 spiro atoms. The first kappa shape index (κ1) is 85.4. The number of nitriles is 1. The molecule has 23 nitrogen and oxygen atoms in total. The summed E-state index contributed by atoms with van der Waals surface area (Å²) in [4.78, 5) is 56.8. The lowest BCUT2D eigenvalue weighted by molar-refractivity contribution is -0.183. The number of hydrogen-bond acceptors (Lipinski definition) is 19. The summed E-state index contributed by atoms with van der Waals surface area (Å²) in [5, 5.41) is 25.3. The number of hydrogen-bond donors (Lipinski definition) is 3. The predicted molar refractivity (Wildman–Crippen MR) is 385 cm³/mol. The zero-order valence-electron chi connectivity index (χ0n) is 62.4. The van der Waals surface area contributed by atoms with Crippen molar-refractivity contribution < 1.29 is 64.3 Å². The van der Waals surface area contributed by atoms with Crippen molar-refractivity contribution in [1.82, 2.24) is 19.1 Å². The smallest absolute Gasteiger partial charge is 0.351 e. The van der Waals surface area contributed by atoms with E-state index in [1.54, 1.807) is 6.92 Å². The lowest BCUT2D eigenvalue weighted by atomic mass is 10.1. The monoisotopic (exact) mass is 1430 g/mol. The molecule has 3 N–H and O–H groups in total. The maximum atomic E-state index is 13.2. The fraction of sp³-hybridized carbons (Fsp3) is 0.815. The number of aliphatic hydroxyl groups is 1. The maximum Gasteiger partial charge on any atom is 0.351 e. The largest absolute Gasteiger partial charge is 0.414 e. The van der Waals surface area contributed by atoms with Crippen molar-refractivity contribution in [2.45, 2.75) is 302 Å². The van der Waals surface area contributed by atoms with E-state index < -0.39 is 103 Å². The number of anilines is 2. The number of carbonyl (C=O) groups excluding carboxylic acids is 2. The molecule has 6 rings (SSSR count). The van der Waals surface area contributed by atoms with Crippen LogP contribution in [0.2, 0.25) is 67.5 Å². The minimum Gasteiger partial charge on any atom is -0.414 e. The molecule has 0 radical (unpaired) electrons. The van der Waals surface area contributed by atoms with Gasteiger partial charge in [-0.2, -0.15) is 15.2 Å². The van der Waals surface area contributed by atoms with Gasteiger partial charge < -0.3 is 72.0 Å². The molecule has 0 saturated carbocycles. The fourth-order valence-corrected chi connectivity index (χ4v) is 39.5. The van der Waals surface area contributed by atoms with Gasteiger partial charge in [0, 0.05) is 26.2 Å². The van der Waals surface area contributed by atoms with Gasteiger partial charge in [0.05, 0.1) is 39.9 Å². The van der Waals surface area contributed by atoms with E-state index in [9.17, 15) is 24.3 Å². The van der Waals surface area contributed by atoms with Crippen LogP contribution in [0.4, 0.5) is 11.6 Å². The molecule has 4 saturated heterocycles. The van der Waals surface area contributed by atoms with Gasteiger partial charge in [0.15, 0.2) is 12.5 Å². The van der Waals surface area contributed by atoms with Gasteiger partial charge in [0.1, 0.15) is 61.8 Å². The average molecular weight is 1430 g/mol. The Balaban J connectivity index is 0.000000408. The van der Waals surface area contributed by atoms with E-state index in [1.807, 2.05) is 0 Å².